The summed E-state index contributed by atoms with van der Waals surface area (Å²) in [5.74, 6) is 1.41. The average Bonchev–Trinajstić information content (AvgIpc) is 2.97. The molecule has 2 heterocycles. The van der Waals surface area contributed by atoms with Crippen LogP contribution in [0.4, 0.5) is 0 Å². The van der Waals surface area contributed by atoms with Gasteiger partial charge in [-0.15, -0.1) is 0 Å². The SMILES string of the molecule is CC(C)c1ccc(-c2noc(-c3cccnc3Cl)n2)cc1. The highest BCUT2D eigenvalue weighted by Crippen LogP contribution is 2.27. The normalized spacial score (nSPS) is 11.0. The van der Waals surface area contributed by atoms with E-state index in [0.717, 1.165) is 5.56 Å². The van der Waals surface area contributed by atoms with Crippen LogP contribution in [0.15, 0.2) is 47.1 Å². The van der Waals surface area contributed by atoms with Crippen LogP contribution >= 0.6 is 11.6 Å². The predicted octanol–water partition coefficient (Wildman–Crippen LogP) is 4.58. The predicted molar refractivity (Wildman–Crippen MR) is 82.1 cm³/mol. The van der Waals surface area contributed by atoms with Crippen molar-refractivity contribution in [2.45, 2.75) is 19.8 Å². The third kappa shape index (κ3) is 2.81. The molecular formula is C16H14ClN3O. The van der Waals surface area contributed by atoms with E-state index in [4.69, 9.17) is 16.1 Å². The molecule has 0 aliphatic rings. The minimum atomic E-state index is 0.350. The smallest absolute Gasteiger partial charge is 0.261 e. The molecule has 2 aromatic heterocycles. The first-order valence-electron chi connectivity index (χ1n) is 6.70. The molecule has 3 aromatic rings. The Morgan fingerprint density at radius 3 is 2.52 bits per heavy atom. The number of aromatic nitrogens is 3. The molecule has 5 heteroatoms. The van der Waals surface area contributed by atoms with E-state index in [1.165, 1.54) is 5.56 Å². The van der Waals surface area contributed by atoms with Crippen LogP contribution in [0.2, 0.25) is 5.15 Å². The van der Waals surface area contributed by atoms with Gasteiger partial charge in [-0.05, 0) is 23.6 Å². The number of nitrogens with zero attached hydrogens (tertiary/aromatic N) is 3. The van der Waals surface area contributed by atoms with Crippen molar-refractivity contribution in [2.75, 3.05) is 0 Å². The molecule has 0 aliphatic heterocycles. The van der Waals surface area contributed by atoms with Gasteiger partial charge in [0.05, 0.1) is 5.56 Å². The number of benzene rings is 1. The maximum absolute atomic E-state index is 6.03. The van der Waals surface area contributed by atoms with Crippen LogP contribution in [-0.2, 0) is 0 Å². The molecule has 0 atom stereocenters. The van der Waals surface area contributed by atoms with E-state index in [-0.39, 0.29) is 0 Å². The summed E-state index contributed by atoms with van der Waals surface area (Å²) in [5.41, 5.74) is 2.82. The van der Waals surface area contributed by atoms with Crippen molar-refractivity contribution in [1.82, 2.24) is 15.1 Å². The minimum absolute atomic E-state index is 0.350. The summed E-state index contributed by atoms with van der Waals surface area (Å²) in [7, 11) is 0. The van der Waals surface area contributed by atoms with Gasteiger partial charge < -0.3 is 4.52 Å². The van der Waals surface area contributed by atoms with Crippen molar-refractivity contribution in [1.29, 1.82) is 0 Å². The second-order valence-corrected chi connectivity index (χ2v) is 5.40. The maximum atomic E-state index is 6.03. The molecule has 0 aliphatic carbocycles. The van der Waals surface area contributed by atoms with Crippen LogP contribution in [0.1, 0.15) is 25.3 Å². The number of hydrogen-bond donors (Lipinski definition) is 0. The van der Waals surface area contributed by atoms with Gasteiger partial charge in [0, 0.05) is 11.8 Å². The van der Waals surface area contributed by atoms with E-state index in [1.807, 2.05) is 12.1 Å². The summed E-state index contributed by atoms with van der Waals surface area (Å²) < 4.78 is 5.28. The van der Waals surface area contributed by atoms with E-state index < -0.39 is 0 Å². The van der Waals surface area contributed by atoms with Crippen LogP contribution < -0.4 is 0 Å². The third-order valence-electron chi connectivity index (χ3n) is 3.25. The monoisotopic (exact) mass is 299 g/mol. The molecular weight excluding hydrogens is 286 g/mol. The maximum Gasteiger partial charge on any atom is 0.261 e. The van der Waals surface area contributed by atoms with E-state index in [1.54, 1.807) is 18.3 Å². The van der Waals surface area contributed by atoms with Crippen LogP contribution in [0.25, 0.3) is 22.8 Å². The zero-order valence-corrected chi connectivity index (χ0v) is 12.5. The standard InChI is InChI=1S/C16H14ClN3O/c1-10(2)11-5-7-12(8-6-11)15-19-16(21-20-15)13-4-3-9-18-14(13)17/h3-10H,1-2H3. The van der Waals surface area contributed by atoms with Gasteiger partial charge in [-0.2, -0.15) is 4.98 Å². The quantitative estimate of drug-likeness (QED) is 0.664. The summed E-state index contributed by atoms with van der Waals surface area (Å²) in [6.45, 7) is 4.32. The Balaban J connectivity index is 1.93. The van der Waals surface area contributed by atoms with Gasteiger partial charge in [-0.1, -0.05) is 54.9 Å². The first-order valence-corrected chi connectivity index (χ1v) is 7.08. The molecule has 0 N–H and O–H groups in total. The first kappa shape index (κ1) is 13.8. The summed E-state index contributed by atoms with van der Waals surface area (Å²) in [4.78, 5) is 8.39. The molecule has 106 valence electrons. The van der Waals surface area contributed by atoms with Crippen molar-refractivity contribution < 1.29 is 4.52 Å². The summed E-state index contributed by atoms with van der Waals surface area (Å²) in [6, 6.07) is 11.7. The number of pyridine rings is 1. The zero-order chi connectivity index (χ0) is 14.8. The van der Waals surface area contributed by atoms with Gasteiger partial charge >= 0.3 is 0 Å². The Kier molecular flexibility index (Phi) is 3.71. The molecule has 0 saturated carbocycles. The van der Waals surface area contributed by atoms with Crippen LogP contribution in [-0.4, -0.2) is 15.1 Å². The van der Waals surface area contributed by atoms with Crippen molar-refractivity contribution in [2.24, 2.45) is 0 Å². The van der Waals surface area contributed by atoms with Gasteiger partial charge in [0.15, 0.2) is 0 Å². The number of rotatable bonds is 3. The minimum Gasteiger partial charge on any atom is -0.333 e. The van der Waals surface area contributed by atoms with Crippen molar-refractivity contribution in [3.63, 3.8) is 0 Å². The average molecular weight is 300 g/mol. The Hall–Kier alpha value is -2.20. The van der Waals surface area contributed by atoms with E-state index in [9.17, 15) is 0 Å². The third-order valence-corrected chi connectivity index (χ3v) is 3.55. The molecule has 0 spiro atoms. The fourth-order valence-corrected chi connectivity index (χ4v) is 2.21. The fourth-order valence-electron chi connectivity index (χ4n) is 2.01. The van der Waals surface area contributed by atoms with Crippen molar-refractivity contribution in [3.05, 3.63) is 53.3 Å². The Morgan fingerprint density at radius 2 is 1.86 bits per heavy atom. The fraction of sp³-hybridized carbons (Fsp3) is 0.188. The molecule has 1 aromatic carbocycles. The van der Waals surface area contributed by atoms with E-state index in [2.05, 4.69) is 41.1 Å². The molecule has 21 heavy (non-hydrogen) atoms. The van der Waals surface area contributed by atoms with E-state index >= 15 is 0 Å². The highest BCUT2D eigenvalue weighted by molar-refractivity contribution is 6.31. The summed E-state index contributed by atoms with van der Waals surface area (Å²) in [5, 5.41) is 4.36. The van der Waals surface area contributed by atoms with Crippen molar-refractivity contribution in [3.8, 4) is 22.8 Å². The van der Waals surface area contributed by atoms with Crippen LogP contribution in [0, 0.1) is 0 Å². The first-order chi connectivity index (χ1) is 10.1. The molecule has 0 unspecified atom stereocenters. The second-order valence-electron chi connectivity index (χ2n) is 5.04. The highest BCUT2D eigenvalue weighted by Gasteiger charge is 2.13. The van der Waals surface area contributed by atoms with Gasteiger partial charge in [-0.3, -0.25) is 0 Å². The lowest BCUT2D eigenvalue weighted by Crippen LogP contribution is -1.87. The Labute approximate surface area is 127 Å². The molecule has 0 amide bonds. The lowest BCUT2D eigenvalue weighted by molar-refractivity contribution is 0.432. The summed E-state index contributed by atoms with van der Waals surface area (Å²) in [6.07, 6.45) is 1.62. The van der Waals surface area contributed by atoms with Crippen molar-refractivity contribution >= 4 is 11.6 Å². The molecule has 0 bridgehead atoms. The van der Waals surface area contributed by atoms with E-state index in [0.29, 0.717) is 28.3 Å². The van der Waals surface area contributed by atoms with Gasteiger partial charge in [0.2, 0.25) is 5.82 Å². The molecule has 4 nitrogen and oxygen atoms in total. The molecule has 3 rings (SSSR count). The highest BCUT2D eigenvalue weighted by atomic mass is 35.5. The lowest BCUT2D eigenvalue weighted by atomic mass is 10.0. The summed E-state index contributed by atoms with van der Waals surface area (Å²) >= 11 is 6.03. The van der Waals surface area contributed by atoms with Crippen LogP contribution in [0.3, 0.4) is 0 Å². The number of hydrogen-bond acceptors (Lipinski definition) is 4. The zero-order valence-electron chi connectivity index (χ0n) is 11.7. The topological polar surface area (TPSA) is 51.8 Å². The number of halogens is 1. The van der Waals surface area contributed by atoms with Gasteiger partial charge in [0.25, 0.3) is 5.89 Å². The van der Waals surface area contributed by atoms with Crippen LogP contribution in [0.5, 0.6) is 0 Å². The Morgan fingerprint density at radius 1 is 1.10 bits per heavy atom. The lowest BCUT2D eigenvalue weighted by Gasteiger charge is -2.04. The second kappa shape index (κ2) is 5.66. The van der Waals surface area contributed by atoms with Gasteiger partial charge in [-0.25, -0.2) is 4.98 Å². The molecule has 0 radical (unpaired) electrons. The molecule has 0 fully saturated rings. The molecule has 0 saturated heterocycles. The Bertz CT molecular complexity index is 750. The largest absolute Gasteiger partial charge is 0.333 e. The van der Waals surface area contributed by atoms with Gasteiger partial charge in [0.1, 0.15) is 5.15 Å².